The summed E-state index contributed by atoms with van der Waals surface area (Å²) in [4.78, 5) is 8.19. The molecule has 0 spiro atoms. The summed E-state index contributed by atoms with van der Waals surface area (Å²) in [5.74, 6) is 0.530. The summed E-state index contributed by atoms with van der Waals surface area (Å²) in [5.41, 5.74) is 6.75. The van der Waals surface area contributed by atoms with Gasteiger partial charge in [0.1, 0.15) is 23.5 Å². The molecule has 0 aliphatic heterocycles. The third-order valence-corrected chi connectivity index (χ3v) is 3.25. The first-order valence-corrected chi connectivity index (χ1v) is 5.65. The van der Waals surface area contributed by atoms with Crippen LogP contribution in [-0.2, 0) is 13.5 Å². The second-order valence-corrected chi connectivity index (χ2v) is 4.18. The normalized spacial score (nSPS) is 10.6. The molecule has 0 amide bonds. The maximum atomic E-state index is 5.79. The molecule has 0 aromatic carbocycles. The molecule has 0 fully saturated rings. The molecular weight excluding hydrogens is 224 g/mol. The Morgan fingerprint density at radius 2 is 2.25 bits per heavy atom. The molecule has 0 saturated heterocycles. The van der Waals surface area contributed by atoms with Crippen molar-refractivity contribution in [3.05, 3.63) is 18.2 Å². The zero-order valence-electron chi connectivity index (χ0n) is 9.08. The van der Waals surface area contributed by atoms with Crippen LogP contribution in [0.25, 0.3) is 0 Å². The number of nitrogens with zero attached hydrogens (tertiary/aromatic N) is 5. The minimum atomic E-state index is 0.530. The van der Waals surface area contributed by atoms with Crippen molar-refractivity contribution < 1.29 is 0 Å². The van der Waals surface area contributed by atoms with Gasteiger partial charge < -0.3 is 10.3 Å². The number of nitrogens with two attached hydrogens (primary N) is 1. The number of aryl methyl sites for hydroxylation is 1. The predicted octanol–water partition coefficient (Wildman–Crippen LogP) is 0.901. The first-order valence-electron chi connectivity index (χ1n) is 4.83. The van der Waals surface area contributed by atoms with Gasteiger partial charge in [-0.3, -0.25) is 0 Å². The fourth-order valence-corrected chi connectivity index (χ4v) is 2.20. The highest BCUT2D eigenvalue weighted by atomic mass is 32.2. The maximum Gasteiger partial charge on any atom is 0.197 e. The third kappa shape index (κ3) is 1.99. The van der Waals surface area contributed by atoms with Crippen molar-refractivity contribution in [2.24, 2.45) is 7.05 Å². The van der Waals surface area contributed by atoms with Gasteiger partial charge in [-0.25, -0.2) is 9.97 Å². The smallest absolute Gasteiger partial charge is 0.197 e. The summed E-state index contributed by atoms with van der Waals surface area (Å²) in [5, 5.41) is 9.43. The lowest BCUT2D eigenvalue weighted by atomic mass is 10.2. The van der Waals surface area contributed by atoms with E-state index in [1.807, 2.05) is 18.5 Å². The van der Waals surface area contributed by atoms with Gasteiger partial charge in [0.25, 0.3) is 0 Å². The van der Waals surface area contributed by atoms with Crippen LogP contribution in [-0.4, -0.2) is 24.7 Å². The molecule has 0 radical (unpaired) electrons. The lowest BCUT2D eigenvalue weighted by molar-refractivity contribution is 0.785. The quantitative estimate of drug-likeness (QED) is 0.797. The highest BCUT2D eigenvalue weighted by Gasteiger charge is 2.11. The molecule has 7 heteroatoms. The summed E-state index contributed by atoms with van der Waals surface area (Å²) >= 11 is 1.44. The summed E-state index contributed by atoms with van der Waals surface area (Å²) in [6.07, 6.45) is 3.92. The van der Waals surface area contributed by atoms with E-state index in [0.29, 0.717) is 5.82 Å². The van der Waals surface area contributed by atoms with E-state index in [9.17, 15) is 0 Å². The van der Waals surface area contributed by atoms with Crippen LogP contribution in [0, 0.1) is 0 Å². The van der Waals surface area contributed by atoms with E-state index in [1.54, 1.807) is 6.33 Å². The highest BCUT2D eigenvalue weighted by Crippen LogP contribution is 2.28. The van der Waals surface area contributed by atoms with E-state index >= 15 is 0 Å². The molecule has 6 nitrogen and oxygen atoms in total. The first-order chi connectivity index (χ1) is 7.72. The highest BCUT2D eigenvalue weighted by molar-refractivity contribution is 7.99. The molecule has 0 atom stereocenters. The van der Waals surface area contributed by atoms with Crippen molar-refractivity contribution in [3.63, 3.8) is 0 Å². The number of hydrogen-bond acceptors (Lipinski definition) is 6. The van der Waals surface area contributed by atoms with Crippen molar-refractivity contribution in [1.82, 2.24) is 24.7 Å². The van der Waals surface area contributed by atoms with Gasteiger partial charge in [0.15, 0.2) is 5.16 Å². The van der Waals surface area contributed by atoms with Gasteiger partial charge in [-0.1, -0.05) is 6.92 Å². The lowest BCUT2D eigenvalue weighted by Gasteiger charge is -2.06. The number of rotatable bonds is 3. The van der Waals surface area contributed by atoms with E-state index in [4.69, 9.17) is 5.73 Å². The molecule has 2 heterocycles. The average molecular weight is 236 g/mol. The molecule has 2 N–H and O–H groups in total. The van der Waals surface area contributed by atoms with Gasteiger partial charge in [0.2, 0.25) is 0 Å². The van der Waals surface area contributed by atoms with Crippen LogP contribution in [0.15, 0.2) is 22.8 Å². The zero-order valence-corrected chi connectivity index (χ0v) is 9.90. The van der Waals surface area contributed by atoms with Crippen LogP contribution in [0.1, 0.15) is 12.5 Å². The average Bonchev–Trinajstić information content (AvgIpc) is 2.65. The second-order valence-electron chi connectivity index (χ2n) is 3.22. The standard InChI is InChI=1S/C9H12N6S/c1-3-6-7(10)11-4-12-8(6)16-9-14-13-5-15(9)2/h4-5H,3H2,1-2H3,(H2,10,11,12). The van der Waals surface area contributed by atoms with E-state index in [-0.39, 0.29) is 0 Å². The summed E-state index contributed by atoms with van der Waals surface area (Å²) in [6.45, 7) is 2.02. The molecule has 0 unspecified atom stereocenters. The Balaban J connectivity index is 2.35. The third-order valence-electron chi connectivity index (χ3n) is 2.15. The minimum Gasteiger partial charge on any atom is -0.383 e. The monoisotopic (exact) mass is 236 g/mol. The van der Waals surface area contributed by atoms with E-state index in [0.717, 1.165) is 22.2 Å². The molecule has 2 aromatic rings. The van der Waals surface area contributed by atoms with Gasteiger partial charge in [-0.2, -0.15) is 0 Å². The van der Waals surface area contributed by atoms with Gasteiger partial charge in [0.05, 0.1) is 0 Å². The van der Waals surface area contributed by atoms with E-state index in [1.165, 1.54) is 18.1 Å². The van der Waals surface area contributed by atoms with Crippen molar-refractivity contribution in [3.8, 4) is 0 Å². The van der Waals surface area contributed by atoms with Gasteiger partial charge in [-0.05, 0) is 18.2 Å². The van der Waals surface area contributed by atoms with Gasteiger partial charge in [0, 0.05) is 12.6 Å². The van der Waals surface area contributed by atoms with Crippen molar-refractivity contribution in [2.45, 2.75) is 23.5 Å². The SMILES string of the molecule is CCc1c(N)ncnc1Sc1nncn1C. The molecule has 0 bridgehead atoms. The topological polar surface area (TPSA) is 82.5 Å². The number of hydrogen-bond donors (Lipinski definition) is 1. The van der Waals surface area contributed by atoms with Crippen LogP contribution in [0.5, 0.6) is 0 Å². The molecule has 16 heavy (non-hydrogen) atoms. The number of anilines is 1. The summed E-state index contributed by atoms with van der Waals surface area (Å²) < 4.78 is 1.84. The number of nitrogen functional groups attached to an aromatic ring is 1. The van der Waals surface area contributed by atoms with Crippen LogP contribution in [0.4, 0.5) is 5.82 Å². The van der Waals surface area contributed by atoms with Crippen LogP contribution in [0.3, 0.4) is 0 Å². The predicted molar refractivity (Wildman–Crippen MR) is 60.9 cm³/mol. The van der Waals surface area contributed by atoms with Gasteiger partial charge >= 0.3 is 0 Å². The Morgan fingerprint density at radius 3 is 2.88 bits per heavy atom. The molecule has 2 aromatic heterocycles. The summed E-state index contributed by atoms with van der Waals surface area (Å²) in [6, 6.07) is 0. The molecule has 0 saturated carbocycles. The van der Waals surface area contributed by atoms with E-state index < -0.39 is 0 Å². The van der Waals surface area contributed by atoms with Crippen molar-refractivity contribution >= 4 is 17.6 Å². The molecule has 0 aliphatic rings. The molecule has 0 aliphatic carbocycles. The Labute approximate surface area is 97.3 Å². The summed E-state index contributed by atoms with van der Waals surface area (Å²) in [7, 11) is 1.89. The van der Waals surface area contributed by atoms with Crippen molar-refractivity contribution in [2.75, 3.05) is 5.73 Å². The lowest BCUT2D eigenvalue weighted by Crippen LogP contribution is -2.01. The Bertz CT molecular complexity index is 494. The Morgan fingerprint density at radius 1 is 1.44 bits per heavy atom. The fraction of sp³-hybridized carbons (Fsp3) is 0.333. The Kier molecular flexibility index (Phi) is 3.04. The largest absolute Gasteiger partial charge is 0.383 e. The molecule has 84 valence electrons. The van der Waals surface area contributed by atoms with Gasteiger partial charge in [-0.15, -0.1) is 10.2 Å². The van der Waals surface area contributed by atoms with Crippen molar-refractivity contribution in [1.29, 1.82) is 0 Å². The zero-order chi connectivity index (χ0) is 11.5. The Hall–Kier alpha value is -1.63. The van der Waals surface area contributed by atoms with Crippen LogP contribution >= 0.6 is 11.8 Å². The fourth-order valence-electron chi connectivity index (χ4n) is 1.28. The number of aromatic nitrogens is 5. The molecule has 2 rings (SSSR count). The van der Waals surface area contributed by atoms with Crippen LogP contribution < -0.4 is 5.73 Å². The molecular formula is C9H12N6S. The maximum absolute atomic E-state index is 5.79. The van der Waals surface area contributed by atoms with E-state index in [2.05, 4.69) is 20.2 Å². The second kappa shape index (κ2) is 4.48. The first kappa shape index (κ1) is 10.9. The van der Waals surface area contributed by atoms with Crippen LogP contribution in [0.2, 0.25) is 0 Å². The minimum absolute atomic E-state index is 0.530.